The van der Waals surface area contributed by atoms with Gasteiger partial charge in [-0.25, -0.2) is 0 Å². The van der Waals surface area contributed by atoms with E-state index in [1.807, 2.05) is 0 Å². The van der Waals surface area contributed by atoms with Gasteiger partial charge in [0.25, 0.3) is 0 Å². The van der Waals surface area contributed by atoms with Crippen LogP contribution in [-0.2, 0) is 0 Å². The second kappa shape index (κ2) is 4.50. The van der Waals surface area contributed by atoms with Gasteiger partial charge in [-0.15, -0.1) is 0 Å². The van der Waals surface area contributed by atoms with E-state index >= 15 is 0 Å². The highest BCUT2D eigenvalue weighted by Crippen LogP contribution is 2.32. The van der Waals surface area contributed by atoms with E-state index in [1.54, 1.807) is 0 Å². The average Bonchev–Trinajstić information content (AvgIpc) is 2.67. The summed E-state index contributed by atoms with van der Waals surface area (Å²) >= 11 is 0. The van der Waals surface area contributed by atoms with E-state index in [1.165, 1.54) is 37.1 Å². The molecule has 13 heavy (non-hydrogen) atoms. The Morgan fingerprint density at radius 1 is 1.31 bits per heavy atom. The highest BCUT2D eigenvalue weighted by atomic mass is 15.1. The summed E-state index contributed by atoms with van der Waals surface area (Å²) in [6.45, 7) is 10.3. The smallest absolute Gasteiger partial charge is 0.0132 e. The molecule has 1 aliphatic carbocycles. The van der Waals surface area contributed by atoms with E-state index < -0.39 is 0 Å². The van der Waals surface area contributed by atoms with Crippen LogP contribution in [0.5, 0.6) is 0 Å². The molecule has 1 fully saturated rings. The van der Waals surface area contributed by atoms with Crippen molar-refractivity contribution in [3.05, 3.63) is 24.6 Å². The largest absolute Gasteiger partial charge is 0.353 e. The van der Waals surface area contributed by atoms with Crippen LogP contribution in [0.2, 0.25) is 0 Å². The zero-order chi connectivity index (χ0) is 9.84. The third-order valence-electron chi connectivity index (χ3n) is 3.14. The average molecular weight is 179 g/mol. The zero-order valence-corrected chi connectivity index (χ0v) is 8.97. The lowest BCUT2D eigenvalue weighted by Crippen LogP contribution is -2.20. The molecule has 0 aliphatic heterocycles. The van der Waals surface area contributed by atoms with Crippen molar-refractivity contribution < 1.29 is 0 Å². The van der Waals surface area contributed by atoms with E-state index in [2.05, 4.69) is 32.0 Å². The molecule has 0 heterocycles. The zero-order valence-electron chi connectivity index (χ0n) is 8.97. The monoisotopic (exact) mass is 179 g/mol. The molecule has 0 unspecified atom stereocenters. The van der Waals surface area contributed by atoms with Crippen LogP contribution in [0.15, 0.2) is 24.6 Å². The lowest BCUT2D eigenvalue weighted by atomic mass is 10.0. The molecule has 0 aromatic carbocycles. The molecule has 0 radical (unpaired) electrons. The van der Waals surface area contributed by atoms with Crippen LogP contribution in [0, 0.1) is 5.92 Å². The van der Waals surface area contributed by atoms with Gasteiger partial charge in [0.1, 0.15) is 0 Å². The molecular formula is C12H21N. The highest BCUT2D eigenvalue weighted by molar-refractivity contribution is 5.09. The summed E-state index contributed by atoms with van der Waals surface area (Å²) in [5.41, 5.74) is 2.45. The maximum atomic E-state index is 4.17. The lowest BCUT2D eigenvalue weighted by Gasteiger charge is -2.27. The first-order valence-corrected chi connectivity index (χ1v) is 5.27. The van der Waals surface area contributed by atoms with Gasteiger partial charge in [0, 0.05) is 18.4 Å². The Kier molecular flexibility index (Phi) is 3.58. The standard InChI is InChI=1S/C12H21N/c1-5-10(2)13(4)11(3)12-8-6-7-9-12/h12H,2-3,5-9H2,1,4H3. The van der Waals surface area contributed by atoms with Crippen molar-refractivity contribution in [3.63, 3.8) is 0 Å². The second-order valence-electron chi connectivity index (χ2n) is 3.95. The fraction of sp³-hybridized carbons (Fsp3) is 0.667. The predicted molar refractivity (Wildman–Crippen MR) is 58.3 cm³/mol. The molecule has 1 saturated carbocycles. The predicted octanol–water partition coefficient (Wildman–Crippen LogP) is 3.55. The molecule has 0 spiro atoms. The Morgan fingerprint density at radius 3 is 2.31 bits per heavy atom. The Morgan fingerprint density at radius 2 is 1.85 bits per heavy atom. The fourth-order valence-electron chi connectivity index (χ4n) is 1.97. The minimum Gasteiger partial charge on any atom is -0.353 e. The molecule has 0 atom stereocenters. The van der Waals surface area contributed by atoms with Crippen LogP contribution in [0.25, 0.3) is 0 Å². The summed E-state index contributed by atoms with van der Waals surface area (Å²) in [5, 5.41) is 0. The first-order valence-electron chi connectivity index (χ1n) is 5.27. The minimum atomic E-state index is 0.716. The summed E-state index contributed by atoms with van der Waals surface area (Å²) in [6, 6.07) is 0. The topological polar surface area (TPSA) is 3.24 Å². The molecule has 1 nitrogen and oxygen atoms in total. The van der Waals surface area contributed by atoms with Crippen LogP contribution in [0.3, 0.4) is 0 Å². The van der Waals surface area contributed by atoms with E-state index in [0.717, 1.165) is 6.42 Å². The minimum absolute atomic E-state index is 0.716. The highest BCUT2D eigenvalue weighted by Gasteiger charge is 2.20. The first-order chi connectivity index (χ1) is 6.16. The molecule has 0 amide bonds. The fourth-order valence-corrected chi connectivity index (χ4v) is 1.97. The van der Waals surface area contributed by atoms with Crippen LogP contribution < -0.4 is 0 Å². The molecular weight excluding hydrogens is 158 g/mol. The molecule has 1 rings (SSSR count). The van der Waals surface area contributed by atoms with Gasteiger partial charge in [0.15, 0.2) is 0 Å². The Bertz CT molecular complexity index is 199. The van der Waals surface area contributed by atoms with Crippen LogP contribution >= 0.6 is 0 Å². The molecule has 74 valence electrons. The maximum Gasteiger partial charge on any atom is 0.0132 e. The molecule has 0 aromatic rings. The van der Waals surface area contributed by atoms with Gasteiger partial charge in [0.05, 0.1) is 0 Å². The summed E-state index contributed by atoms with van der Waals surface area (Å²) in [4.78, 5) is 2.18. The van der Waals surface area contributed by atoms with Gasteiger partial charge in [0.2, 0.25) is 0 Å². The van der Waals surface area contributed by atoms with E-state index in [-0.39, 0.29) is 0 Å². The van der Waals surface area contributed by atoms with Crippen molar-refractivity contribution in [2.45, 2.75) is 39.0 Å². The molecule has 1 heteroatoms. The van der Waals surface area contributed by atoms with Crippen molar-refractivity contribution in [2.24, 2.45) is 5.92 Å². The maximum absolute atomic E-state index is 4.17. The third-order valence-corrected chi connectivity index (χ3v) is 3.14. The molecule has 0 saturated heterocycles. The summed E-state index contributed by atoms with van der Waals surface area (Å²) in [6.07, 6.45) is 6.40. The van der Waals surface area contributed by atoms with Crippen LogP contribution in [0.1, 0.15) is 39.0 Å². The number of nitrogens with zero attached hydrogens (tertiary/aromatic N) is 1. The van der Waals surface area contributed by atoms with Crippen molar-refractivity contribution in [3.8, 4) is 0 Å². The van der Waals surface area contributed by atoms with E-state index in [0.29, 0.717) is 5.92 Å². The second-order valence-corrected chi connectivity index (χ2v) is 3.95. The van der Waals surface area contributed by atoms with Gasteiger partial charge < -0.3 is 4.90 Å². The van der Waals surface area contributed by atoms with E-state index in [4.69, 9.17) is 0 Å². The number of hydrogen-bond acceptors (Lipinski definition) is 1. The van der Waals surface area contributed by atoms with Crippen molar-refractivity contribution in [1.29, 1.82) is 0 Å². The number of allylic oxidation sites excluding steroid dienone is 2. The summed E-state index contributed by atoms with van der Waals surface area (Å²) in [5.74, 6) is 0.716. The molecule has 0 N–H and O–H groups in total. The molecule has 0 aromatic heterocycles. The SMILES string of the molecule is C=C(CC)N(C)C(=C)C1CCCC1. The van der Waals surface area contributed by atoms with Gasteiger partial charge >= 0.3 is 0 Å². The van der Waals surface area contributed by atoms with Gasteiger partial charge in [-0.3, -0.25) is 0 Å². The Hall–Kier alpha value is -0.720. The number of hydrogen-bond donors (Lipinski definition) is 0. The van der Waals surface area contributed by atoms with Gasteiger partial charge in [-0.2, -0.15) is 0 Å². The van der Waals surface area contributed by atoms with Crippen molar-refractivity contribution in [2.75, 3.05) is 7.05 Å². The molecule has 0 bridgehead atoms. The first kappa shape index (κ1) is 10.4. The van der Waals surface area contributed by atoms with Crippen LogP contribution in [-0.4, -0.2) is 11.9 Å². The normalized spacial score (nSPS) is 17.4. The Balaban J connectivity index is 2.50. The van der Waals surface area contributed by atoms with Gasteiger partial charge in [-0.1, -0.05) is 32.9 Å². The van der Waals surface area contributed by atoms with Crippen molar-refractivity contribution >= 4 is 0 Å². The van der Waals surface area contributed by atoms with E-state index in [9.17, 15) is 0 Å². The molecule has 1 aliphatic rings. The quantitative estimate of drug-likeness (QED) is 0.638. The van der Waals surface area contributed by atoms with Gasteiger partial charge in [-0.05, 0) is 25.2 Å². The summed E-state index contributed by atoms with van der Waals surface area (Å²) < 4.78 is 0. The van der Waals surface area contributed by atoms with Crippen molar-refractivity contribution in [1.82, 2.24) is 4.90 Å². The van der Waals surface area contributed by atoms with Crippen LogP contribution in [0.4, 0.5) is 0 Å². The lowest BCUT2D eigenvalue weighted by molar-refractivity contribution is 0.420. The Labute approximate surface area is 82.1 Å². The third kappa shape index (κ3) is 2.36. The summed E-state index contributed by atoms with van der Waals surface area (Å²) in [7, 11) is 2.09. The number of rotatable bonds is 4.